The third kappa shape index (κ3) is 3.82. The molecule has 0 fully saturated rings. The van der Waals surface area contributed by atoms with E-state index < -0.39 is 0 Å². The van der Waals surface area contributed by atoms with Crippen LogP contribution in [-0.4, -0.2) is 23.0 Å². The van der Waals surface area contributed by atoms with Crippen molar-refractivity contribution in [2.75, 3.05) is 12.4 Å². The zero-order chi connectivity index (χ0) is 16.1. The number of methoxy groups -OCH3 is 1. The van der Waals surface area contributed by atoms with Crippen LogP contribution in [0.2, 0.25) is 0 Å². The van der Waals surface area contributed by atoms with E-state index in [0.29, 0.717) is 5.13 Å². The molecule has 1 N–H and O–H groups in total. The maximum Gasteiger partial charge on any atom is 0.250 e. The molecular formula is C16H13N3O2S2. The molecule has 3 rings (SSSR count). The Morgan fingerprint density at radius 1 is 1.30 bits per heavy atom. The van der Waals surface area contributed by atoms with Gasteiger partial charge in [0.05, 0.1) is 24.0 Å². The Balaban J connectivity index is 1.71. The van der Waals surface area contributed by atoms with Gasteiger partial charge in [-0.3, -0.25) is 10.1 Å². The molecule has 0 aliphatic heterocycles. The van der Waals surface area contributed by atoms with E-state index in [0.717, 1.165) is 22.7 Å². The summed E-state index contributed by atoms with van der Waals surface area (Å²) < 4.78 is 5.33. The molecule has 3 aromatic rings. The van der Waals surface area contributed by atoms with Gasteiger partial charge in [-0.25, -0.2) is 9.97 Å². The van der Waals surface area contributed by atoms with Crippen molar-refractivity contribution in [3.63, 3.8) is 0 Å². The Hall–Kier alpha value is -2.51. The predicted octanol–water partition coefficient (Wildman–Crippen LogP) is 3.93. The van der Waals surface area contributed by atoms with Crippen molar-refractivity contribution in [2.24, 2.45) is 0 Å². The molecule has 23 heavy (non-hydrogen) atoms. The molecule has 7 heteroatoms. The van der Waals surface area contributed by atoms with E-state index in [9.17, 15) is 4.79 Å². The number of para-hydroxylation sites is 1. The standard InChI is InChI=1S/C16H13N3O2S2/c1-21-14-5-3-2-4-12(14)13-9-23-16(18-13)19-15(20)7-6-11-8-22-10-17-11/h2-10H,1H3,(H,18,19,20). The summed E-state index contributed by atoms with van der Waals surface area (Å²) in [5.74, 6) is 0.512. The molecule has 0 saturated carbocycles. The highest BCUT2D eigenvalue weighted by Gasteiger charge is 2.10. The molecular weight excluding hydrogens is 330 g/mol. The average Bonchev–Trinajstić information content (AvgIpc) is 3.24. The lowest BCUT2D eigenvalue weighted by Crippen LogP contribution is -2.07. The lowest BCUT2D eigenvalue weighted by atomic mass is 10.1. The van der Waals surface area contributed by atoms with Crippen LogP contribution in [0.4, 0.5) is 5.13 Å². The van der Waals surface area contributed by atoms with Crippen LogP contribution in [0.5, 0.6) is 5.75 Å². The number of carbonyl (C=O) groups excluding carboxylic acids is 1. The second-order valence-corrected chi connectivity index (χ2v) is 6.05. The zero-order valence-corrected chi connectivity index (χ0v) is 13.9. The molecule has 0 aliphatic rings. The summed E-state index contributed by atoms with van der Waals surface area (Å²) in [6.07, 6.45) is 3.11. The van der Waals surface area contributed by atoms with Crippen molar-refractivity contribution >= 4 is 39.8 Å². The van der Waals surface area contributed by atoms with E-state index in [1.54, 1.807) is 18.7 Å². The second kappa shape index (κ2) is 7.17. The van der Waals surface area contributed by atoms with Crippen molar-refractivity contribution in [3.8, 4) is 17.0 Å². The van der Waals surface area contributed by atoms with Gasteiger partial charge in [-0.15, -0.1) is 22.7 Å². The van der Waals surface area contributed by atoms with Gasteiger partial charge in [-0.2, -0.15) is 0 Å². The zero-order valence-electron chi connectivity index (χ0n) is 12.2. The largest absolute Gasteiger partial charge is 0.496 e. The van der Waals surface area contributed by atoms with E-state index >= 15 is 0 Å². The second-order valence-electron chi connectivity index (χ2n) is 4.47. The highest BCUT2D eigenvalue weighted by atomic mass is 32.1. The fraction of sp³-hybridized carbons (Fsp3) is 0.0625. The first-order chi connectivity index (χ1) is 11.3. The van der Waals surface area contributed by atoms with Gasteiger partial charge in [-0.1, -0.05) is 12.1 Å². The van der Waals surface area contributed by atoms with Gasteiger partial charge in [0.1, 0.15) is 5.75 Å². The number of aromatic nitrogens is 2. The SMILES string of the molecule is COc1ccccc1-c1csc(NC(=O)C=Cc2cscn2)n1. The van der Waals surface area contributed by atoms with Gasteiger partial charge in [0, 0.05) is 22.4 Å². The maximum absolute atomic E-state index is 11.9. The number of benzene rings is 1. The van der Waals surface area contributed by atoms with Crippen LogP contribution in [0.3, 0.4) is 0 Å². The van der Waals surface area contributed by atoms with Crippen LogP contribution in [0.15, 0.2) is 46.6 Å². The van der Waals surface area contributed by atoms with E-state index in [2.05, 4.69) is 15.3 Å². The molecule has 1 aromatic carbocycles. The highest BCUT2D eigenvalue weighted by Crippen LogP contribution is 2.31. The van der Waals surface area contributed by atoms with Crippen LogP contribution < -0.4 is 10.1 Å². The van der Waals surface area contributed by atoms with Gasteiger partial charge in [0.2, 0.25) is 5.91 Å². The fourth-order valence-electron chi connectivity index (χ4n) is 1.92. The van der Waals surface area contributed by atoms with Crippen LogP contribution in [0, 0.1) is 0 Å². The molecule has 0 unspecified atom stereocenters. The summed E-state index contributed by atoms with van der Waals surface area (Å²) in [5, 5.41) is 7.04. The number of ether oxygens (including phenoxy) is 1. The van der Waals surface area contributed by atoms with Gasteiger partial charge in [0.25, 0.3) is 0 Å². The molecule has 0 spiro atoms. The molecule has 2 aromatic heterocycles. The van der Waals surface area contributed by atoms with Gasteiger partial charge >= 0.3 is 0 Å². The van der Waals surface area contributed by atoms with Crippen LogP contribution in [0.25, 0.3) is 17.3 Å². The van der Waals surface area contributed by atoms with Gasteiger partial charge < -0.3 is 4.74 Å². The summed E-state index contributed by atoms with van der Waals surface area (Å²) >= 11 is 2.85. The normalized spacial score (nSPS) is 10.8. The van der Waals surface area contributed by atoms with E-state index in [-0.39, 0.29) is 5.91 Å². The smallest absolute Gasteiger partial charge is 0.250 e. The van der Waals surface area contributed by atoms with E-state index in [1.165, 1.54) is 28.7 Å². The van der Waals surface area contributed by atoms with Gasteiger partial charge in [0.15, 0.2) is 5.13 Å². The summed E-state index contributed by atoms with van der Waals surface area (Å²) in [6, 6.07) is 7.64. The molecule has 116 valence electrons. The first kappa shape index (κ1) is 15.4. The third-order valence-corrected chi connectivity index (χ3v) is 4.34. The molecule has 0 atom stereocenters. The third-order valence-electron chi connectivity index (χ3n) is 2.97. The van der Waals surface area contributed by atoms with Crippen LogP contribution in [0.1, 0.15) is 5.69 Å². The summed E-state index contributed by atoms with van der Waals surface area (Å²) in [5.41, 5.74) is 4.15. The van der Waals surface area contributed by atoms with Crippen molar-refractivity contribution in [1.29, 1.82) is 0 Å². The van der Waals surface area contributed by atoms with Crippen LogP contribution in [-0.2, 0) is 4.79 Å². The predicted molar refractivity (Wildman–Crippen MR) is 93.9 cm³/mol. The van der Waals surface area contributed by atoms with E-state index in [1.807, 2.05) is 35.0 Å². The Morgan fingerprint density at radius 3 is 2.96 bits per heavy atom. The number of nitrogens with zero attached hydrogens (tertiary/aromatic N) is 2. The number of rotatable bonds is 5. The molecule has 0 aliphatic carbocycles. The minimum Gasteiger partial charge on any atom is -0.496 e. The molecule has 0 bridgehead atoms. The minimum atomic E-state index is -0.237. The summed E-state index contributed by atoms with van der Waals surface area (Å²) in [4.78, 5) is 20.4. The summed E-state index contributed by atoms with van der Waals surface area (Å²) in [6.45, 7) is 0. The molecule has 0 radical (unpaired) electrons. The van der Waals surface area contributed by atoms with Crippen LogP contribution >= 0.6 is 22.7 Å². The Kier molecular flexibility index (Phi) is 4.80. The monoisotopic (exact) mass is 343 g/mol. The van der Waals surface area contributed by atoms with Crippen molar-refractivity contribution in [1.82, 2.24) is 9.97 Å². The minimum absolute atomic E-state index is 0.237. The molecule has 2 heterocycles. The number of hydrogen-bond donors (Lipinski definition) is 1. The number of hydrogen-bond acceptors (Lipinski definition) is 6. The first-order valence-corrected chi connectivity index (χ1v) is 8.54. The fourth-order valence-corrected chi connectivity index (χ4v) is 3.16. The van der Waals surface area contributed by atoms with Gasteiger partial charge in [-0.05, 0) is 18.2 Å². The molecule has 5 nitrogen and oxygen atoms in total. The maximum atomic E-state index is 11.9. The van der Waals surface area contributed by atoms with E-state index in [4.69, 9.17) is 4.74 Å². The van der Waals surface area contributed by atoms with Crippen molar-refractivity contribution < 1.29 is 9.53 Å². The first-order valence-electron chi connectivity index (χ1n) is 6.72. The highest BCUT2D eigenvalue weighted by molar-refractivity contribution is 7.14. The number of nitrogens with one attached hydrogen (secondary N) is 1. The number of amides is 1. The van der Waals surface area contributed by atoms with Crippen molar-refractivity contribution in [3.05, 3.63) is 52.3 Å². The Bertz CT molecular complexity index is 825. The lowest BCUT2D eigenvalue weighted by Gasteiger charge is -2.04. The number of carbonyl (C=O) groups is 1. The van der Waals surface area contributed by atoms with Crippen molar-refractivity contribution in [2.45, 2.75) is 0 Å². The Labute approximate surface area is 141 Å². The number of thiazole rings is 2. The summed E-state index contributed by atoms with van der Waals surface area (Å²) in [7, 11) is 1.62. The quantitative estimate of drug-likeness (QED) is 0.713. The topological polar surface area (TPSA) is 64.1 Å². The molecule has 0 saturated heterocycles. The lowest BCUT2D eigenvalue weighted by molar-refractivity contribution is -0.111. The Morgan fingerprint density at radius 2 is 2.17 bits per heavy atom. The molecule has 1 amide bonds. The average molecular weight is 343 g/mol. The number of anilines is 1.